The summed E-state index contributed by atoms with van der Waals surface area (Å²) in [6.45, 7) is 0. The highest BCUT2D eigenvalue weighted by molar-refractivity contribution is 9.10. The highest BCUT2D eigenvalue weighted by atomic mass is 79.9. The Morgan fingerprint density at radius 2 is 2.21 bits per heavy atom. The monoisotopic (exact) mass is 294 g/mol. The van der Waals surface area contributed by atoms with Crippen molar-refractivity contribution >= 4 is 44.8 Å². The van der Waals surface area contributed by atoms with E-state index in [1.54, 1.807) is 17.6 Å². The SMILES string of the molecule is COc1cc(Br)c(Cl)n2c(Cl)cnc12. The maximum atomic E-state index is 6.04. The molecule has 2 heterocycles. The summed E-state index contributed by atoms with van der Waals surface area (Å²) in [5.41, 5.74) is 0.603. The lowest BCUT2D eigenvalue weighted by Crippen LogP contribution is -1.93. The van der Waals surface area contributed by atoms with Crippen LogP contribution in [0.15, 0.2) is 16.7 Å². The van der Waals surface area contributed by atoms with Gasteiger partial charge in [-0.2, -0.15) is 0 Å². The Bertz CT molecular complexity index is 498. The van der Waals surface area contributed by atoms with Gasteiger partial charge in [-0.25, -0.2) is 4.98 Å². The van der Waals surface area contributed by atoms with Crippen molar-refractivity contribution in [2.75, 3.05) is 7.11 Å². The third kappa shape index (κ3) is 1.38. The summed E-state index contributed by atoms with van der Waals surface area (Å²) in [7, 11) is 1.57. The molecule has 0 aliphatic carbocycles. The largest absolute Gasteiger partial charge is 0.493 e. The number of halogens is 3. The second-order valence-electron chi connectivity index (χ2n) is 2.59. The molecule has 0 spiro atoms. The Morgan fingerprint density at radius 3 is 2.86 bits per heavy atom. The van der Waals surface area contributed by atoms with Crippen LogP contribution in [0.4, 0.5) is 0 Å². The number of pyridine rings is 1. The Kier molecular flexibility index (Phi) is 2.60. The summed E-state index contributed by atoms with van der Waals surface area (Å²) in [5, 5.41) is 0.924. The first-order valence-electron chi connectivity index (χ1n) is 3.70. The molecule has 0 saturated carbocycles. The van der Waals surface area contributed by atoms with Gasteiger partial charge in [-0.1, -0.05) is 23.2 Å². The molecule has 3 nitrogen and oxygen atoms in total. The van der Waals surface area contributed by atoms with E-state index in [-0.39, 0.29) is 0 Å². The topological polar surface area (TPSA) is 26.5 Å². The molecular formula is C8H5BrCl2N2O. The van der Waals surface area contributed by atoms with Gasteiger partial charge in [-0.05, 0) is 15.9 Å². The molecule has 0 atom stereocenters. The van der Waals surface area contributed by atoms with Crippen molar-refractivity contribution in [3.63, 3.8) is 0 Å². The van der Waals surface area contributed by atoms with Crippen molar-refractivity contribution in [2.45, 2.75) is 0 Å². The van der Waals surface area contributed by atoms with Gasteiger partial charge in [0.1, 0.15) is 10.3 Å². The molecule has 0 amide bonds. The van der Waals surface area contributed by atoms with Crippen LogP contribution in [0.5, 0.6) is 5.75 Å². The van der Waals surface area contributed by atoms with E-state index in [1.165, 1.54) is 6.20 Å². The number of ether oxygens (including phenoxy) is 1. The van der Waals surface area contributed by atoms with Crippen molar-refractivity contribution in [3.05, 3.63) is 27.0 Å². The van der Waals surface area contributed by atoms with E-state index in [2.05, 4.69) is 20.9 Å². The van der Waals surface area contributed by atoms with E-state index in [1.807, 2.05) is 0 Å². The summed E-state index contributed by atoms with van der Waals surface area (Å²) in [5.74, 6) is 0.619. The van der Waals surface area contributed by atoms with Gasteiger partial charge in [-0.15, -0.1) is 0 Å². The highest BCUT2D eigenvalue weighted by Gasteiger charge is 2.13. The molecule has 2 aromatic rings. The predicted octanol–water partition coefficient (Wildman–Crippen LogP) is 3.41. The second-order valence-corrected chi connectivity index (χ2v) is 4.19. The molecule has 0 aliphatic rings. The first-order chi connectivity index (χ1) is 6.65. The molecule has 74 valence electrons. The van der Waals surface area contributed by atoms with E-state index < -0.39 is 0 Å². The molecular weight excluding hydrogens is 291 g/mol. The minimum absolute atomic E-state index is 0.449. The van der Waals surface area contributed by atoms with Crippen LogP contribution in [-0.4, -0.2) is 16.5 Å². The lowest BCUT2D eigenvalue weighted by Gasteiger charge is -2.06. The fourth-order valence-corrected chi connectivity index (χ4v) is 2.06. The standard InChI is InChI=1S/C8H5BrCl2N2O/c1-14-5-2-4(9)7(11)13-6(10)3-12-8(5)13/h2-3H,1H3. The number of fused-ring (bicyclic) bond motifs is 1. The van der Waals surface area contributed by atoms with Crippen molar-refractivity contribution in [1.29, 1.82) is 0 Å². The number of aromatic nitrogens is 2. The van der Waals surface area contributed by atoms with Gasteiger partial charge in [0.15, 0.2) is 11.4 Å². The molecule has 0 bridgehead atoms. The molecule has 14 heavy (non-hydrogen) atoms. The lowest BCUT2D eigenvalue weighted by molar-refractivity contribution is 0.416. The smallest absolute Gasteiger partial charge is 0.182 e. The molecule has 0 unspecified atom stereocenters. The third-order valence-electron chi connectivity index (χ3n) is 1.81. The molecule has 2 aromatic heterocycles. The molecule has 0 N–H and O–H groups in total. The summed E-state index contributed by atoms with van der Waals surface area (Å²) in [4.78, 5) is 4.09. The molecule has 0 aliphatic heterocycles. The fraction of sp³-hybridized carbons (Fsp3) is 0.125. The fourth-order valence-electron chi connectivity index (χ4n) is 1.19. The van der Waals surface area contributed by atoms with Crippen LogP contribution in [0.2, 0.25) is 10.3 Å². The number of methoxy groups -OCH3 is 1. The maximum absolute atomic E-state index is 6.04. The molecule has 2 rings (SSSR count). The van der Waals surface area contributed by atoms with E-state index >= 15 is 0 Å². The second kappa shape index (κ2) is 3.61. The normalized spacial score (nSPS) is 10.9. The van der Waals surface area contributed by atoms with E-state index in [0.29, 0.717) is 26.2 Å². The molecule has 0 fully saturated rings. The van der Waals surface area contributed by atoms with Crippen LogP contribution in [-0.2, 0) is 0 Å². The quantitative estimate of drug-likeness (QED) is 0.754. The first-order valence-corrected chi connectivity index (χ1v) is 5.25. The first kappa shape index (κ1) is 10.1. The minimum Gasteiger partial charge on any atom is -0.493 e. The molecule has 6 heteroatoms. The predicted molar refractivity (Wildman–Crippen MR) is 59.5 cm³/mol. The Balaban J connectivity index is 2.92. The van der Waals surface area contributed by atoms with E-state index in [4.69, 9.17) is 27.9 Å². The van der Waals surface area contributed by atoms with E-state index in [9.17, 15) is 0 Å². The Hall–Kier alpha value is -0.450. The Morgan fingerprint density at radius 1 is 1.50 bits per heavy atom. The molecule has 0 saturated heterocycles. The number of hydrogen-bond acceptors (Lipinski definition) is 2. The van der Waals surface area contributed by atoms with E-state index in [0.717, 1.165) is 0 Å². The van der Waals surface area contributed by atoms with Crippen LogP contribution in [0.3, 0.4) is 0 Å². The number of rotatable bonds is 1. The molecule has 0 radical (unpaired) electrons. The maximum Gasteiger partial charge on any atom is 0.182 e. The van der Waals surface area contributed by atoms with Gasteiger partial charge < -0.3 is 4.74 Å². The van der Waals surface area contributed by atoms with Gasteiger partial charge in [-0.3, -0.25) is 4.40 Å². The average molecular weight is 296 g/mol. The van der Waals surface area contributed by atoms with Gasteiger partial charge in [0.05, 0.1) is 17.8 Å². The van der Waals surface area contributed by atoms with Crippen LogP contribution in [0.1, 0.15) is 0 Å². The minimum atomic E-state index is 0.449. The number of imidazole rings is 1. The summed E-state index contributed by atoms with van der Waals surface area (Å²) < 4.78 is 7.46. The van der Waals surface area contributed by atoms with Gasteiger partial charge >= 0.3 is 0 Å². The van der Waals surface area contributed by atoms with Gasteiger partial charge in [0.25, 0.3) is 0 Å². The highest BCUT2D eigenvalue weighted by Crippen LogP contribution is 2.32. The van der Waals surface area contributed by atoms with Crippen LogP contribution >= 0.6 is 39.1 Å². The van der Waals surface area contributed by atoms with Crippen molar-refractivity contribution in [2.24, 2.45) is 0 Å². The number of nitrogens with zero attached hydrogens (tertiary/aromatic N) is 2. The average Bonchev–Trinajstić information content (AvgIpc) is 2.54. The zero-order valence-electron chi connectivity index (χ0n) is 7.09. The molecule has 0 aromatic carbocycles. The van der Waals surface area contributed by atoms with Crippen molar-refractivity contribution in [1.82, 2.24) is 9.38 Å². The summed E-state index contributed by atoms with van der Waals surface area (Å²) in [6, 6.07) is 1.75. The van der Waals surface area contributed by atoms with Crippen LogP contribution < -0.4 is 4.74 Å². The zero-order chi connectivity index (χ0) is 10.3. The zero-order valence-corrected chi connectivity index (χ0v) is 10.2. The lowest BCUT2D eigenvalue weighted by atomic mass is 10.4. The summed E-state index contributed by atoms with van der Waals surface area (Å²) >= 11 is 15.3. The van der Waals surface area contributed by atoms with Gasteiger partial charge in [0.2, 0.25) is 0 Å². The number of hydrogen-bond donors (Lipinski definition) is 0. The Labute approximate surface area is 98.7 Å². The van der Waals surface area contributed by atoms with Gasteiger partial charge in [0, 0.05) is 6.07 Å². The van der Waals surface area contributed by atoms with Crippen molar-refractivity contribution < 1.29 is 4.74 Å². The summed E-state index contributed by atoms with van der Waals surface area (Å²) in [6.07, 6.45) is 1.53. The van der Waals surface area contributed by atoms with Crippen molar-refractivity contribution in [3.8, 4) is 5.75 Å². The third-order valence-corrected chi connectivity index (χ3v) is 3.28. The van der Waals surface area contributed by atoms with Crippen LogP contribution in [0.25, 0.3) is 5.65 Å². The van der Waals surface area contributed by atoms with Crippen LogP contribution in [0, 0.1) is 0 Å².